The van der Waals surface area contributed by atoms with Crippen LogP contribution in [0.2, 0.25) is 0 Å². The van der Waals surface area contributed by atoms with Crippen LogP contribution in [0.1, 0.15) is 0 Å². The average molecular weight is 118 g/mol. The number of hydrogen-bond donors (Lipinski definition) is 0. The molecule has 0 heterocycles. The Kier molecular flexibility index (Phi) is 90.7. The van der Waals surface area contributed by atoms with Gasteiger partial charge < -0.3 is 4.46 Å². The molecule has 4 heteroatoms. The molecule has 0 unspecified atom stereocenters. The molecule has 0 radical (unpaired) electrons. The Bertz CT molecular complexity index is 8.00. The summed E-state index contributed by atoms with van der Waals surface area (Å²) in [5.41, 5.74) is 0. The predicted molar refractivity (Wildman–Crippen MR) is 27.7 cm³/mol. The molecule has 0 aromatic carbocycles. The maximum absolute atomic E-state index is 8.28. The van der Waals surface area contributed by atoms with Crippen LogP contribution < -0.4 is 0 Å². The minimum absolute atomic E-state index is 0. The molecule has 0 N–H and O–H groups in total. The van der Waals surface area contributed by atoms with E-state index in [1.165, 1.54) is 0 Å². The Morgan fingerprint density at radius 2 is 1.25 bits per heavy atom. The molecule has 0 saturated heterocycles. The second-order valence-electron chi connectivity index (χ2n) is 0. The van der Waals surface area contributed by atoms with Crippen molar-refractivity contribution in [1.29, 1.82) is 0 Å². The molecular weight excluding hydrogens is 111 g/mol. The van der Waals surface area contributed by atoms with Gasteiger partial charge in [-0.1, -0.05) is 0 Å². The summed E-state index contributed by atoms with van der Waals surface area (Å²) >= 11 is 0. The molecule has 0 fully saturated rings. The molecule has 0 amide bonds. The Morgan fingerprint density at radius 3 is 1.25 bits per heavy atom. The number of hydrogen-bond acceptors (Lipinski definition) is 1. The van der Waals surface area contributed by atoms with Crippen molar-refractivity contribution < 1.29 is 4.46 Å². The Hall–Kier alpha value is 1.81. The molecule has 0 aromatic rings. The molecule has 0 bridgehead atoms. The topological polar surface area (TPSA) is 17.1 Å². The zero-order chi connectivity index (χ0) is 2.00. The van der Waals surface area contributed by atoms with E-state index in [4.69, 9.17) is 4.46 Å². The van der Waals surface area contributed by atoms with Gasteiger partial charge in [0, 0.05) is 0 Å². The Morgan fingerprint density at radius 1 is 1.25 bits per heavy atom. The van der Waals surface area contributed by atoms with E-state index in [0.29, 0.717) is 10.1 Å². The zero-order valence-electron chi connectivity index (χ0n) is 1.12. The van der Waals surface area contributed by atoms with E-state index >= 15 is 0 Å². The molecule has 22 valence electrons. The van der Waals surface area contributed by atoms with E-state index in [9.17, 15) is 0 Å². The van der Waals surface area contributed by atoms with Crippen LogP contribution >= 0.6 is 0 Å². The fourth-order valence-corrected chi connectivity index (χ4v) is 0. The summed E-state index contributed by atoms with van der Waals surface area (Å²) in [6.07, 6.45) is 0. The molecule has 1 nitrogen and oxygen atoms in total. The van der Waals surface area contributed by atoms with E-state index in [1.54, 1.807) is 0 Å². The first-order chi connectivity index (χ1) is 1.00. The zero-order valence-corrected chi connectivity index (χ0v) is 2.53. The van der Waals surface area contributed by atoms with Crippen LogP contribution in [0.5, 0.6) is 0 Å². The molecule has 0 aliphatic heterocycles. The van der Waals surface area contributed by atoms with Crippen molar-refractivity contribution in [2.75, 3.05) is 0 Å². The van der Waals surface area contributed by atoms with Gasteiger partial charge >= 0.3 is 37.7 Å². The first-order valence-electron chi connectivity index (χ1n) is 0.289. The molecule has 0 saturated carbocycles. The van der Waals surface area contributed by atoms with Crippen molar-refractivity contribution in [2.45, 2.75) is 0 Å². The third-order valence-corrected chi connectivity index (χ3v) is 0. The van der Waals surface area contributed by atoms with Gasteiger partial charge in [-0.05, 0) is 0 Å². The monoisotopic (exact) mass is 118 g/mol. The fourth-order valence-electron chi connectivity index (χ4n) is 0. The van der Waals surface area contributed by atoms with Crippen molar-refractivity contribution in [1.82, 2.24) is 0 Å². The first kappa shape index (κ1) is 17.0. The van der Waals surface area contributed by atoms with Crippen LogP contribution in [0.15, 0.2) is 0 Å². The van der Waals surface area contributed by atoms with Crippen LogP contribution in [0, 0.1) is 0 Å². The van der Waals surface area contributed by atoms with Gasteiger partial charge in [-0.25, -0.2) is 0 Å². The van der Waals surface area contributed by atoms with Gasteiger partial charge in [0.15, 0.2) is 17.4 Å². The van der Waals surface area contributed by atoms with Gasteiger partial charge in [-0.2, -0.15) is 0 Å². The third kappa shape index (κ3) is 9.18. The summed E-state index contributed by atoms with van der Waals surface area (Å²) in [6, 6.07) is 0. The van der Waals surface area contributed by atoms with E-state index in [-0.39, 0.29) is 55.1 Å². The molecule has 0 spiro atoms. The van der Waals surface area contributed by atoms with Gasteiger partial charge in [0.2, 0.25) is 10.1 Å². The van der Waals surface area contributed by atoms with Crippen LogP contribution in [0.3, 0.4) is 0 Å². The second-order valence-corrected chi connectivity index (χ2v) is 0. The van der Waals surface area contributed by atoms with Gasteiger partial charge in [0.25, 0.3) is 0 Å². The minimum atomic E-state index is 0. The summed E-state index contributed by atoms with van der Waals surface area (Å²) in [7, 11) is 0.611. The summed E-state index contributed by atoms with van der Waals surface area (Å²) in [5, 5.41) is 0. The van der Waals surface area contributed by atoms with Crippen LogP contribution in [-0.4, -0.2) is 65.2 Å². The molecule has 0 rings (SSSR count). The Balaban J connectivity index is -0.00000000500. The SMILES string of the molecule is O=[SiH2].[AlH3].[CaH2]. The van der Waals surface area contributed by atoms with Crippen molar-refractivity contribution in [3.05, 3.63) is 0 Å². The van der Waals surface area contributed by atoms with E-state index in [2.05, 4.69) is 0 Å². The molecule has 0 atom stereocenters. The third-order valence-electron chi connectivity index (χ3n) is 0. The summed E-state index contributed by atoms with van der Waals surface area (Å²) in [4.78, 5) is 0. The number of rotatable bonds is 0. The summed E-state index contributed by atoms with van der Waals surface area (Å²) in [6.45, 7) is 0. The standard InChI is InChI=1S/Al.Ca.H2OSi.5H/c;;1-2;;;;;/h;;2H2;;;;;. The van der Waals surface area contributed by atoms with Crippen molar-refractivity contribution in [2.24, 2.45) is 0 Å². The normalized spacial score (nSPS) is 1.00. The van der Waals surface area contributed by atoms with Crippen LogP contribution in [-0.2, 0) is 4.46 Å². The van der Waals surface area contributed by atoms with Gasteiger partial charge in [-0.3, -0.25) is 0 Å². The second kappa shape index (κ2) is 21.3. The molecule has 0 aliphatic carbocycles. The molecule has 4 heavy (non-hydrogen) atoms. The quantitative estimate of drug-likeness (QED) is 0.307. The first-order valence-corrected chi connectivity index (χ1v) is 0.866. The summed E-state index contributed by atoms with van der Waals surface area (Å²) < 4.78 is 8.28. The van der Waals surface area contributed by atoms with E-state index < -0.39 is 0 Å². The molecule has 0 aromatic heterocycles. The average Bonchev–Trinajstić information content (AvgIpc) is 1.00. The van der Waals surface area contributed by atoms with Crippen LogP contribution in [0.4, 0.5) is 0 Å². The van der Waals surface area contributed by atoms with E-state index in [1.807, 2.05) is 0 Å². The molecular formula is H7AlCaOSi. The van der Waals surface area contributed by atoms with Crippen molar-refractivity contribution >= 4 is 65.2 Å². The fraction of sp³-hybridized carbons (Fsp3) is 0. The van der Waals surface area contributed by atoms with Crippen molar-refractivity contribution in [3.8, 4) is 0 Å². The van der Waals surface area contributed by atoms with Gasteiger partial charge in [0.05, 0.1) is 0 Å². The van der Waals surface area contributed by atoms with E-state index in [0.717, 1.165) is 0 Å². The maximum atomic E-state index is 8.28. The summed E-state index contributed by atoms with van der Waals surface area (Å²) in [5.74, 6) is 0. The van der Waals surface area contributed by atoms with Gasteiger partial charge in [-0.15, -0.1) is 0 Å². The van der Waals surface area contributed by atoms with Gasteiger partial charge in [0.1, 0.15) is 0 Å². The van der Waals surface area contributed by atoms with Crippen LogP contribution in [0.25, 0.3) is 0 Å². The van der Waals surface area contributed by atoms with Crippen molar-refractivity contribution in [3.63, 3.8) is 0 Å². The molecule has 0 aliphatic rings. The predicted octanol–water partition coefficient (Wildman–Crippen LogP) is -3.14. The Labute approximate surface area is 68.8 Å².